The monoisotopic (exact) mass is 493 g/mol. The number of nitrogens with two attached hydrogens (primary N) is 1. The number of halogens is 1. The Balaban J connectivity index is 1.35. The first-order valence-electron chi connectivity index (χ1n) is 11.5. The van der Waals surface area contributed by atoms with Crippen LogP contribution >= 0.6 is 11.6 Å². The molecule has 0 saturated carbocycles. The predicted octanol–water partition coefficient (Wildman–Crippen LogP) is 3.29. The molecule has 0 bridgehead atoms. The highest BCUT2D eigenvalue weighted by atomic mass is 35.5. The summed E-state index contributed by atoms with van der Waals surface area (Å²) in [7, 11) is 0. The summed E-state index contributed by atoms with van der Waals surface area (Å²) < 4.78 is 0. The maximum atomic E-state index is 12.9. The Labute approximate surface area is 209 Å². The lowest BCUT2D eigenvalue weighted by Gasteiger charge is -2.28. The molecule has 1 aliphatic heterocycles. The largest absolute Gasteiger partial charge is 0.398 e. The fourth-order valence-electron chi connectivity index (χ4n) is 4.40. The summed E-state index contributed by atoms with van der Waals surface area (Å²) in [6, 6.07) is 22.0. The Morgan fingerprint density at radius 1 is 1.03 bits per heavy atom. The van der Waals surface area contributed by atoms with Crippen LogP contribution in [0.4, 0.5) is 5.69 Å². The molecule has 0 aliphatic carbocycles. The van der Waals surface area contributed by atoms with Gasteiger partial charge in [-0.05, 0) is 47.7 Å². The van der Waals surface area contributed by atoms with Crippen molar-refractivity contribution in [1.82, 2.24) is 10.2 Å². The van der Waals surface area contributed by atoms with Crippen molar-refractivity contribution in [3.05, 3.63) is 88.9 Å². The molecule has 1 saturated heterocycles. The number of aliphatic hydroxyl groups excluding tert-OH is 2. The van der Waals surface area contributed by atoms with E-state index in [2.05, 4.69) is 5.32 Å². The number of para-hydroxylation sites is 1. The van der Waals surface area contributed by atoms with Crippen LogP contribution in [0.2, 0.25) is 5.02 Å². The van der Waals surface area contributed by atoms with Crippen molar-refractivity contribution in [3.8, 4) is 11.1 Å². The normalized spacial score (nSPS) is 17.1. The van der Waals surface area contributed by atoms with Gasteiger partial charge in [0, 0.05) is 29.4 Å². The van der Waals surface area contributed by atoms with Crippen molar-refractivity contribution in [1.29, 1.82) is 0 Å². The molecule has 3 aromatic rings. The predicted molar refractivity (Wildman–Crippen MR) is 135 cm³/mol. The van der Waals surface area contributed by atoms with Crippen LogP contribution in [0.3, 0.4) is 0 Å². The van der Waals surface area contributed by atoms with E-state index in [1.54, 1.807) is 18.2 Å². The van der Waals surface area contributed by atoms with Gasteiger partial charge < -0.3 is 26.2 Å². The molecule has 0 aromatic heterocycles. The molecular formula is C27H28ClN3O4. The lowest BCUT2D eigenvalue weighted by Crippen LogP contribution is -2.50. The summed E-state index contributed by atoms with van der Waals surface area (Å²) >= 11 is 6.09. The molecule has 4 rings (SSSR count). The van der Waals surface area contributed by atoms with Crippen LogP contribution in [0.1, 0.15) is 30.0 Å². The molecule has 1 fully saturated rings. The van der Waals surface area contributed by atoms with Crippen LogP contribution in [0.25, 0.3) is 11.1 Å². The molecule has 5 N–H and O–H groups in total. The van der Waals surface area contributed by atoms with Crippen molar-refractivity contribution >= 4 is 29.1 Å². The zero-order chi connectivity index (χ0) is 24.9. The molecule has 1 aliphatic rings. The van der Waals surface area contributed by atoms with Crippen molar-refractivity contribution in [3.63, 3.8) is 0 Å². The number of aliphatic hydroxyl groups is 2. The van der Waals surface area contributed by atoms with E-state index in [9.17, 15) is 19.8 Å². The van der Waals surface area contributed by atoms with Gasteiger partial charge in [0.15, 0.2) is 12.2 Å². The van der Waals surface area contributed by atoms with Gasteiger partial charge in [-0.15, -0.1) is 0 Å². The van der Waals surface area contributed by atoms with Gasteiger partial charge in [0.1, 0.15) is 0 Å². The van der Waals surface area contributed by atoms with E-state index >= 15 is 0 Å². The highest BCUT2D eigenvalue weighted by Gasteiger charge is 2.38. The number of carbonyl (C=O) groups is 2. The summed E-state index contributed by atoms with van der Waals surface area (Å²) in [6.45, 7) is 0.565. The van der Waals surface area contributed by atoms with E-state index in [0.717, 1.165) is 28.7 Å². The van der Waals surface area contributed by atoms with Gasteiger partial charge in [-0.1, -0.05) is 66.2 Å². The lowest BCUT2D eigenvalue weighted by molar-refractivity contribution is -0.153. The van der Waals surface area contributed by atoms with Gasteiger partial charge in [-0.3, -0.25) is 9.59 Å². The Bertz CT molecular complexity index is 1200. The van der Waals surface area contributed by atoms with Crippen molar-refractivity contribution < 1.29 is 19.8 Å². The van der Waals surface area contributed by atoms with Crippen molar-refractivity contribution in [2.24, 2.45) is 0 Å². The van der Waals surface area contributed by atoms with Crippen LogP contribution in [0, 0.1) is 0 Å². The third-order valence-electron chi connectivity index (χ3n) is 6.28. The van der Waals surface area contributed by atoms with E-state index < -0.39 is 24.0 Å². The molecular weight excluding hydrogens is 466 g/mol. The number of nitrogens with zero attached hydrogens (tertiary/aromatic N) is 1. The Kier molecular flexibility index (Phi) is 7.70. The quantitative estimate of drug-likeness (QED) is 0.377. The van der Waals surface area contributed by atoms with Gasteiger partial charge in [0.2, 0.25) is 0 Å². The number of carbonyl (C=O) groups excluding carboxylic acids is 2. The third-order valence-corrected chi connectivity index (χ3v) is 6.52. The molecule has 0 spiro atoms. The molecule has 1 unspecified atom stereocenters. The van der Waals surface area contributed by atoms with Crippen LogP contribution in [0.5, 0.6) is 0 Å². The van der Waals surface area contributed by atoms with Gasteiger partial charge in [0.05, 0.1) is 6.04 Å². The number of hydrogen-bond donors (Lipinski definition) is 4. The average molecular weight is 494 g/mol. The topological polar surface area (TPSA) is 116 Å². The van der Waals surface area contributed by atoms with Crippen molar-refractivity contribution in [2.45, 2.75) is 37.6 Å². The minimum absolute atomic E-state index is 0.135. The highest BCUT2D eigenvalue weighted by Crippen LogP contribution is 2.33. The first kappa shape index (κ1) is 24.7. The molecule has 35 heavy (non-hydrogen) atoms. The number of hydrogen-bond acceptors (Lipinski definition) is 5. The molecule has 3 aromatic carbocycles. The molecule has 8 heteroatoms. The SMILES string of the molecule is Nc1ccccc1-c1ccc(CNC(=O)[C@H](O)[C@@H](O)C(=O)N2CCCC2c2cccc(Cl)c2)cc1. The van der Waals surface area contributed by atoms with Gasteiger partial charge in [-0.2, -0.15) is 0 Å². The highest BCUT2D eigenvalue weighted by molar-refractivity contribution is 6.30. The second-order valence-electron chi connectivity index (χ2n) is 8.64. The Morgan fingerprint density at radius 3 is 2.49 bits per heavy atom. The first-order chi connectivity index (χ1) is 16.8. The summed E-state index contributed by atoms with van der Waals surface area (Å²) in [5.41, 5.74) is 10.2. The average Bonchev–Trinajstić information content (AvgIpc) is 3.37. The minimum atomic E-state index is -1.88. The van der Waals surface area contributed by atoms with Crippen LogP contribution in [-0.4, -0.2) is 45.7 Å². The second-order valence-corrected chi connectivity index (χ2v) is 9.07. The summed E-state index contributed by atoms with van der Waals surface area (Å²) in [6.07, 6.45) is -2.28. The lowest BCUT2D eigenvalue weighted by atomic mass is 10.0. The minimum Gasteiger partial charge on any atom is -0.398 e. The van der Waals surface area contributed by atoms with Gasteiger partial charge in [0.25, 0.3) is 11.8 Å². The van der Waals surface area contributed by atoms with Crippen LogP contribution < -0.4 is 11.1 Å². The van der Waals surface area contributed by atoms with E-state index in [1.165, 1.54) is 4.90 Å². The number of nitrogen functional groups attached to an aromatic ring is 1. The fraction of sp³-hybridized carbons (Fsp3) is 0.259. The molecule has 0 radical (unpaired) electrons. The Morgan fingerprint density at radius 2 is 1.77 bits per heavy atom. The maximum Gasteiger partial charge on any atom is 0.255 e. The Hall–Kier alpha value is -3.39. The molecule has 1 heterocycles. The fourth-order valence-corrected chi connectivity index (χ4v) is 4.59. The zero-order valence-electron chi connectivity index (χ0n) is 19.1. The van der Waals surface area contributed by atoms with Gasteiger partial charge in [-0.25, -0.2) is 0 Å². The first-order valence-corrected chi connectivity index (χ1v) is 11.9. The van der Waals surface area contributed by atoms with Crippen LogP contribution in [0.15, 0.2) is 72.8 Å². The van der Waals surface area contributed by atoms with Crippen LogP contribution in [-0.2, 0) is 16.1 Å². The summed E-state index contributed by atoms with van der Waals surface area (Å²) in [5, 5.41) is 24.0. The molecule has 2 amide bonds. The van der Waals surface area contributed by atoms with E-state index in [1.807, 2.05) is 54.6 Å². The maximum absolute atomic E-state index is 12.9. The molecule has 182 valence electrons. The number of benzene rings is 3. The number of amides is 2. The third kappa shape index (κ3) is 5.65. The number of anilines is 1. The van der Waals surface area contributed by atoms with Gasteiger partial charge >= 0.3 is 0 Å². The van der Waals surface area contributed by atoms with Crippen molar-refractivity contribution in [2.75, 3.05) is 12.3 Å². The smallest absolute Gasteiger partial charge is 0.255 e. The van der Waals surface area contributed by atoms with E-state index in [0.29, 0.717) is 23.7 Å². The zero-order valence-corrected chi connectivity index (χ0v) is 19.9. The van der Waals surface area contributed by atoms with E-state index in [4.69, 9.17) is 17.3 Å². The molecule has 3 atom stereocenters. The summed E-state index contributed by atoms with van der Waals surface area (Å²) in [4.78, 5) is 26.9. The standard InChI is InChI=1S/C27H28ClN3O4/c28-20-6-3-5-19(15-20)23-9-4-14-31(23)27(35)25(33)24(32)26(34)30-16-17-10-12-18(13-11-17)21-7-1-2-8-22(21)29/h1-3,5-8,10-13,15,23-25,32-33H,4,9,14,16,29H2,(H,30,34)/t23?,24-,25-/m1/s1. The number of rotatable bonds is 7. The van der Waals surface area contributed by atoms with E-state index in [-0.39, 0.29) is 12.6 Å². The number of likely N-dealkylation sites (tertiary alicyclic amines) is 1. The second kappa shape index (κ2) is 10.9. The molecule has 7 nitrogen and oxygen atoms in total. The summed E-state index contributed by atoms with van der Waals surface area (Å²) in [5.74, 6) is -1.50. The number of nitrogens with one attached hydrogen (secondary N) is 1.